The number of unbranched alkanes of at least 4 members (excludes halogenated alkanes) is 3. The molecule has 0 aliphatic rings. The molecular formula is C12H27NdP. The normalized spacial score (nSPS) is 10.3. The van der Waals surface area contributed by atoms with E-state index < -0.39 is 0 Å². The zero-order chi connectivity index (χ0) is 9.94. The molecule has 0 amide bonds. The third-order valence-corrected chi connectivity index (χ3v) is 5.33. The first-order chi connectivity index (χ1) is 6.35. The zero-order valence-electron chi connectivity index (χ0n) is 10.3. The van der Waals surface area contributed by atoms with E-state index in [0.717, 1.165) is 0 Å². The minimum Gasteiger partial charge on any atom is -0.107 e. The number of rotatable bonds is 9. The molecule has 0 bridgehead atoms. The first-order valence-electron chi connectivity index (χ1n) is 6.07. The molecule has 0 nitrogen and oxygen atoms in total. The van der Waals surface area contributed by atoms with E-state index in [-0.39, 0.29) is 40.8 Å². The fourth-order valence-corrected chi connectivity index (χ4v) is 4.44. The van der Waals surface area contributed by atoms with Crippen LogP contribution in [0.15, 0.2) is 0 Å². The monoisotopic (exact) mass is 344 g/mol. The van der Waals surface area contributed by atoms with Crippen LogP contribution in [0, 0.1) is 40.8 Å². The second-order valence-electron chi connectivity index (χ2n) is 3.90. The maximum absolute atomic E-state index is 2.31. The van der Waals surface area contributed by atoms with Crippen LogP contribution >= 0.6 is 7.92 Å². The zero-order valence-corrected chi connectivity index (χ0v) is 14.4. The largest absolute Gasteiger partial charge is 0.107 e. The number of hydrogen-bond donors (Lipinski definition) is 0. The van der Waals surface area contributed by atoms with Crippen molar-refractivity contribution >= 4 is 7.92 Å². The van der Waals surface area contributed by atoms with Crippen molar-refractivity contribution in [2.75, 3.05) is 18.5 Å². The van der Waals surface area contributed by atoms with Gasteiger partial charge in [0.2, 0.25) is 0 Å². The summed E-state index contributed by atoms with van der Waals surface area (Å²) >= 11 is 0. The predicted molar refractivity (Wildman–Crippen MR) is 66.2 cm³/mol. The Morgan fingerprint density at radius 2 is 0.929 bits per heavy atom. The Hall–Kier alpha value is 1.78. The van der Waals surface area contributed by atoms with E-state index in [1.54, 1.807) is 18.5 Å². The van der Waals surface area contributed by atoms with Gasteiger partial charge < -0.3 is 0 Å². The van der Waals surface area contributed by atoms with Crippen molar-refractivity contribution < 1.29 is 40.8 Å². The van der Waals surface area contributed by atoms with Gasteiger partial charge in [0.05, 0.1) is 0 Å². The first kappa shape index (κ1) is 18.2. The maximum atomic E-state index is 2.31. The fourth-order valence-electron chi connectivity index (χ4n) is 1.48. The summed E-state index contributed by atoms with van der Waals surface area (Å²) in [6.07, 6.45) is 13.2. The van der Waals surface area contributed by atoms with E-state index in [0.29, 0.717) is 7.92 Å². The van der Waals surface area contributed by atoms with Crippen LogP contribution in [0.25, 0.3) is 0 Å². The SMILES string of the molecule is CCCCP(CCCC)CCCC.[Nd]. The second-order valence-corrected chi connectivity index (χ2v) is 6.59. The Bertz CT molecular complexity index is 77.3. The molecule has 0 unspecified atom stereocenters. The van der Waals surface area contributed by atoms with Gasteiger partial charge in [0, 0.05) is 40.8 Å². The molecule has 0 aliphatic heterocycles. The minimum absolute atomic E-state index is 0. The summed E-state index contributed by atoms with van der Waals surface area (Å²) in [6.45, 7) is 6.94. The van der Waals surface area contributed by atoms with Gasteiger partial charge >= 0.3 is 0 Å². The van der Waals surface area contributed by atoms with E-state index in [2.05, 4.69) is 20.8 Å². The van der Waals surface area contributed by atoms with Crippen LogP contribution in [0.3, 0.4) is 0 Å². The van der Waals surface area contributed by atoms with Crippen LogP contribution in [0.1, 0.15) is 59.3 Å². The van der Waals surface area contributed by atoms with Crippen molar-refractivity contribution in [1.29, 1.82) is 0 Å². The molecule has 0 aromatic carbocycles. The van der Waals surface area contributed by atoms with Crippen molar-refractivity contribution in [1.82, 2.24) is 0 Å². The van der Waals surface area contributed by atoms with Crippen LogP contribution in [0.4, 0.5) is 0 Å². The Morgan fingerprint density at radius 3 is 1.14 bits per heavy atom. The van der Waals surface area contributed by atoms with Gasteiger partial charge in [-0.15, -0.1) is 7.92 Å². The summed E-state index contributed by atoms with van der Waals surface area (Å²) in [6, 6.07) is 0. The van der Waals surface area contributed by atoms with Gasteiger partial charge in [-0.05, 0) is 37.7 Å². The van der Waals surface area contributed by atoms with Gasteiger partial charge in [-0.25, -0.2) is 0 Å². The van der Waals surface area contributed by atoms with Crippen molar-refractivity contribution in [2.45, 2.75) is 59.3 Å². The van der Waals surface area contributed by atoms with E-state index in [1.807, 2.05) is 0 Å². The molecular weight excluding hydrogens is 319 g/mol. The molecule has 0 saturated heterocycles. The van der Waals surface area contributed by atoms with Crippen LogP contribution in [-0.2, 0) is 0 Å². The Labute approximate surface area is 125 Å². The van der Waals surface area contributed by atoms with Gasteiger partial charge in [0.15, 0.2) is 0 Å². The molecule has 14 heavy (non-hydrogen) atoms. The number of hydrogen-bond acceptors (Lipinski definition) is 0. The summed E-state index contributed by atoms with van der Waals surface area (Å²) in [7, 11) is 0.422. The van der Waals surface area contributed by atoms with E-state index in [9.17, 15) is 0 Å². The molecule has 0 saturated carbocycles. The molecule has 0 atom stereocenters. The first-order valence-corrected chi connectivity index (χ1v) is 7.97. The molecule has 0 rings (SSSR count). The van der Waals surface area contributed by atoms with Crippen molar-refractivity contribution in [2.24, 2.45) is 0 Å². The van der Waals surface area contributed by atoms with Crippen LogP contribution < -0.4 is 0 Å². The minimum atomic E-state index is 0. The van der Waals surface area contributed by atoms with Gasteiger partial charge in [-0.1, -0.05) is 40.0 Å². The van der Waals surface area contributed by atoms with Crippen LogP contribution in [0.2, 0.25) is 0 Å². The Balaban J connectivity index is 0. The van der Waals surface area contributed by atoms with Gasteiger partial charge in [0.1, 0.15) is 0 Å². The van der Waals surface area contributed by atoms with E-state index >= 15 is 0 Å². The molecule has 0 heterocycles. The van der Waals surface area contributed by atoms with Crippen molar-refractivity contribution in [3.63, 3.8) is 0 Å². The molecule has 0 N–H and O–H groups in total. The van der Waals surface area contributed by atoms with Gasteiger partial charge in [-0.2, -0.15) is 0 Å². The van der Waals surface area contributed by atoms with Gasteiger partial charge in [-0.3, -0.25) is 0 Å². The van der Waals surface area contributed by atoms with E-state index in [1.165, 1.54) is 38.5 Å². The third kappa shape index (κ3) is 11.9. The Kier molecular flexibility index (Phi) is 19.2. The quantitative estimate of drug-likeness (QED) is 0.523. The Morgan fingerprint density at radius 1 is 0.643 bits per heavy atom. The van der Waals surface area contributed by atoms with Crippen LogP contribution in [0.5, 0.6) is 0 Å². The van der Waals surface area contributed by atoms with Crippen LogP contribution in [-0.4, -0.2) is 18.5 Å². The molecule has 0 spiro atoms. The summed E-state index contributed by atoms with van der Waals surface area (Å²) in [4.78, 5) is 0. The average Bonchev–Trinajstić information content (AvgIpc) is 2.17. The summed E-state index contributed by atoms with van der Waals surface area (Å²) in [5.41, 5.74) is 0. The van der Waals surface area contributed by atoms with E-state index in [4.69, 9.17) is 0 Å². The molecule has 0 radical (unpaired) electrons. The second kappa shape index (κ2) is 14.8. The average molecular weight is 347 g/mol. The standard InChI is InChI=1S/C12H27P.Nd/c1-4-7-10-13(11-8-5-2)12-9-6-3;/h4-12H2,1-3H3;. The molecule has 0 aromatic heterocycles. The van der Waals surface area contributed by atoms with Crippen molar-refractivity contribution in [3.05, 3.63) is 0 Å². The molecule has 0 fully saturated rings. The topological polar surface area (TPSA) is 0 Å². The molecule has 2 heteroatoms. The summed E-state index contributed by atoms with van der Waals surface area (Å²) < 4.78 is 0. The smallest absolute Gasteiger partial charge is 0 e. The molecule has 0 aromatic rings. The van der Waals surface area contributed by atoms with Gasteiger partial charge in [0.25, 0.3) is 0 Å². The summed E-state index contributed by atoms with van der Waals surface area (Å²) in [5, 5.41) is 0. The maximum Gasteiger partial charge on any atom is 0 e. The predicted octanol–water partition coefficient (Wildman–Crippen LogP) is 4.87. The molecule has 84 valence electrons. The molecule has 0 aliphatic carbocycles. The fraction of sp³-hybridized carbons (Fsp3) is 1.00. The third-order valence-electron chi connectivity index (χ3n) is 2.48. The summed E-state index contributed by atoms with van der Waals surface area (Å²) in [5.74, 6) is 0. The van der Waals surface area contributed by atoms with Crippen molar-refractivity contribution in [3.8, 4) is 0 Å².